The SMILES string of the molecule is COc1ccc(NC(=O)C(=O)N2CCN(C(C)=O)CC2)cc1. The molecule has 0 radical (unpaired) electrons. The third kappa shape index (κ3) is 3.75. The van der Waals surface area contributed by atoms with E-state index in [1.807, 2.05) is 0 Å². The molecule has 0 saturated carbocycles. The first-order valence-corrected chi connectivity index (χ1v) is 7.01. The molecular formula is C15H19N3O4. The summed E-state index contributed by atoms with van der Waals surface area (Å²) in [4.78, 5) is 38.4. The van der Waals surface area contributed by atoms with Crippen molar-refractivity contribution < 1.29 is 19.1 Å². The average molecular weight is 305 g/mol. The summed E-state index contributed by atoms with van der Waals surface area (Å²) in [6.45, 7) is 3.14. The van der Waals surface area contributed by atoms with Gasteiger partial charge in [-0.05, 0) is 24.3 Å². The normalized spacial score (nSPS) is 14.5. The molecule has 0 spiro atoms. The van der Waals surface area contributed by atoms with Gasteiger partial charge in [-0.3, -0.25) is 14.4 Å². The molecular weight excluding hydrogens is 286 g/mol. The summed E-state index contributed by atoms with van der Waals surface area (Å²) in [7, 11) is 1.55. The van der Waals surface area contributed by atoms with Crippen LogP contribution >= 0.6 is 0 Å². The zero-order valence-corrected chi connectivity index (χ0v) is 12.7. The summed E-state index contributed by atoms with van der Waals surface area (Å²) in [5, 5.41) is 2.56. The van der Waals surface area contributed by atoms with Crippen LogP contribution in [0.25, 0.3) is 0 Å². The second kappa shape index (κ2) is 6.93. The highest BCUT2D eigenvalue weighted by atomic mass is 16.5. The van der Waals surface area contributed by atoms with Gasteiger partial charge in [-0.2, -0.15) is 0 Å². The smallest absolute Gasteiger partial charge is 0.313 e. The van der Waals surface area contributed by atoms with Crippen molar-refractivity contribution in [3.05, 3.63) is 24.3 Å². The first kappa shape index (κ1) is 15.8. The van der Waals surface area contributed by atoms with Crippen LogP contribution in [0.4, 0.5) is 5.69 Å². The van der Waals surface area contributed by atoms with E-state index in [2.05, 4.69) is 5.32 Å². The van der Waals surface area contributed by atoms with Crippen LogP contribution in [-0.2, 0) is 14.4 Å². The number of ether oxygens (including phenoxy) is 1. The molecule has 1 aromatic carbocycles. The van der Waals surface area contributed by atoms with Gasteiger partial charge in [-0.15, -0.1) is 0 Å². The van der Waals surface area contributed by atoms with Crippen molar-refractivity contribution >= 4 is 23.4 Å². The summed E-state index contributed by atoms with van der Waals surface area (Å²) < 4.78 is 5.03. The molecule has 0 bridgehead atoms. The molecule has 0 unspecified atom stereocenters. The number of amides is 3. The van der Waals surface area contributed by atoms with Gasteiger partial charge in [0.05, 0.1) is 7.11 Å². The van der Waals surface area contributed by atoms with E-state index in [4.69, 9.17) is 4.74 Å². The first-order chi connectivity index (χ1) is 10.5. The van der Waals surface area contributed by atoms with E-state index in [-0.39, 0.29) is 5.91 Å². The van der Waals surface area contributed by atoms with E-state index in [1.54, 1.807) is 36.3 Å². The number of benzene rings is 1. The van der Waals surface area contributed by atoms with Crippen molar-refractivity contribution in [2.75, 3.05) is 38.6 Å². The lowest BCUT2D eigenvalue weighted by Crippen LogP contribution is -2.52. The van der Waals surface area contributed by atoms with Crippen molar-refractivity contribution in [1.82, 2.24) is 9.80 Å². The van der Waals surface area contributed by atoms with Crippen LogP contribution in [-0.4, -0.2) is 60.8 Å². The summed E-state index contributed by atoms with van der Waals surface area (Å²) in [5.74, 6) is -0.611. The maximum absolute atomic E-state index is 12.1. The lowest BCUT2D eigenvalue weighted by molar-refractivity contribution is -0.145. The van der Waals surface area contributed by atoms with Crippen LogP contribution in [0.3, 0.4) is 0 Å². The quantitative estimate of drug-likeness (QED) is 0.798. The molecule has 0 aliphatic carbocycles. The minimum Gasteiger partial charge on any atom is -0.497 e. The number of piperazine rings is 1. The Morgan fingerprint density at radius 3 is 2.05 bits per heavy atom. The van der Waals surface area contributed by atoms with Crippen molar-refractivity contribution in [2.45, 2.75) is 6.92 Å². The topological polar surface area (TPSA) is 79.0 Å². The molecule has 1 heterocycles. The highest BCUT2D eigenvalue weighted by Gasteiger charge is 2.26. The predicted molar refractivity (Wildman–Crippen MR) is 80.5 cm³/mol. The molecule has 1 aliphatic rings. The zero-order chi connectivity index (χ0) is 16.1. The van der Waals surface area contributed by atoms with Gasteiger partial charge in [0, 0.05) is 38.8 Å². The molecule has 0 atom stereocenters. The van der Waals surface area contributed by atoms with E-state index in [1.165, 1.54) is 11.8 Å². The highest BCUT2D eigenvalue weighted by molar-refractivity contribution is 6.39. The summed E-state index contributed by atoms with van der Waals surface area (Å²) >= 11 is 0. The largest absolute Gasteiger partial charge is 0.497 e. The molecule has 118 valence electrons. The van der Waals surface area contributed by atoms with E-state index in [0.29, 0.717) is 37.6 Å². The third-order valence-electron chi connectivity index (χ3n) is 3.55. The van der Waals surface area contributed by atoms with Crippen LogP contribution in [0.5, 0.6) is 5.75 Å². The van der Waals surface area contributed by atoms with Gasteiger partial charge >= 0.3 is 11.8 Å². The van der Waals surface area contributed by atoms with E-state index >= 15 is 0 Å². The Labute approximate surface area is 128 Å². The molecule has 7 heteroatoms. The van der Waals surface area contributed by atoms with Gasteiger partial charge in [0.1, 0.15) is 5.75 Å². The Balaban J connectivity index is 1.89. The number of rotatable bonds is 2. The molecule has 1 aromatic rings. The molecule has 0 aromatic heterocycles. The van der Waals surface area contributed by atoms with Gasteiger partial charge in [-0.25, -0.2) is 0 Å². The van der Waals surface area contributed by atoms with E-state index in [9.17, 15) is 14.4 Å². The average Bonchev–Trinajstić information content (AvgIpc) is 2.55. The van der Waals surface area contributed by atoms with Crippen LogP contribution in [0, 0.1) is 0 Å². The molecule has 1 saturated heterocycles. The van der Waals surface area contributed by atoms with Gasteiger partial charge in [0.15, 0.2) is 0 Å². The monoisotopic (exact) mass is 305 g/mol. The fourth-order valence-electron chi connectivity index (χ4n) is 2.23. The standard InChI is InChI=1S/C15H19N3O4/c1-11(19)17-7-9-18(10-8-17)15(21)14(20)16-12-3-5-13(22-2)6-4-12/h3-6H,7-10H2,1-2H3,(H,16,20). The molecule has 7 nitrogen and oxygen atoms in total. The number of carbonyl (C=O) groups is 3. The molecule has 3 amide bonds. The number of nitrogens with zero attached hydrogens (tertiary/aromatic N) is 2. The van der Waals surface area contributed by atoms with E-state index in [0.717, 1.165) is 0 Å². The maximum Gasteiger partial charge on any atom is 0.313 e. The number of anilines is 1. The van der Waals surface area contributed by atoms with E-state index < -0.39 is 11.8 Å². The van der Waals surface area contributed by atoms with Gasteiger partial charge in [-0.1, -0.05) is 0 Å². The van der Waals surface area contributed by atoms with Crippen molar-refractivity contribution in [3.63, 3.8) is 0 Å². The minimum absolute atomic E-state index is 0.0187. The molecule has 2 rings (SSSR count). The first-order valence-electron chi connectivity index (χ1n) is 7.01. The third-order valence-corrected chi connectivity index (χ3v) is 3.55. The molecule has 1 N–H and O–H groups in total. The lowest BCUT2D eigenvalue weighted by Gasteiger charge is -2.33. The van der Waals surface area contributed by atoms with Crippen molar-refractivity contribution in [1.29, 1.82) is 0 Å². The Kier molecular flexibility index (Phi) is 4.98. The van der Waals surface area contributed by atoms with Crippen LogP contribution in [0.2, 0.25) is 0 Å². The second-order valence-corrected chi connectivity index (χ2v) is 4.98. The molecule has 1 fully saturated rings. The Hall–Kier alpha value is -2.57. The maximum atomic E-state index is 12.1. The van der Waals surface area contributed by atoms with Gasteiger partial charge in [0.25, 0.3) is 0 Å². The number of hydrogen-bond donors (Lipinski definition) is 1. The van der Waals surface area contributed by atoms with Crippen LogP contribution in [0.15, 0.2) is 24.3 Å². The number of carbonyl (C=O) groups excluding carboxylic acids is 3. The fraction of sp³-hybridized carbons (Fsp3) is 0.400. The summed E-state index contributed by atoms with van der Waals surface area (Å²) in [6.07, 6.45) is 0. The molecule has 22 heavy (non-hydrogen) atoms. The zero-order valence-electron chi connectivity index (χ0n) is 12.7. The van der Waals surface area contributed by atoms with Gasteiger partial charge < -0.3 is 19.9 Å². The highest BCUT2D eigenvalue weighted by Crippen LogP contribution is 2.15. The Bertz CT molecular complexity index is 563. The molecule has 1 aliphatic heterocycles. The Morgan fingerprint density at radius 1 is 1.00 bits per heavy atom. The van der Waals surface area contributed by atoms with Crippen LogP contribution < -0.4 is 10.1 Å². The summed E-state index contributed by atoms with van der Waals surface area (Å²) in [6, 6.07) is 6.73. The lowest BCUT2D eigenvalue weighted by atomic mass is 10.2. The second-order valence-electron chi connectivity index (χ2n) is 4.98. The Morgan fingerprint density at radius 2 is 1.55 bits per heavy atom. The van der Waals surface area contributed by atoms with Gasteiger partial charge in [0.2, 0.25) is 5.91 Å². The minimum atomic E-state index is -0.679. The number of hydrogen-bond acceptors (Lipinski definition) is 4. The fourth-order valence-corrected chi connectivity index (χ4v) is 2.23. The van der Waals surface area contributed by atoms with Crippen molar-refractivity contribution in [2.24, 2.45) is 0 Å². The number of nitrogens with one attached hydrogen (secondary N) is 1. The van der Waals surface area contributed by atoms with Crippen molar-refractivity contribution in [3.8, 4) is 5.75 Å². The van der Waals surface area contributed by atoms with Crippen LogP contribution in [0.1, 0.15) is 6.92 Å². The number of methoxy groups -OCH3 is 1. The predicted octanol–water partition coefficient (Wildman–Crippen LogP) is 0.324. The summed E-state index contributed by atoms with van der Waals surface area (Å²) in [5.41, 5.74) is 0.529.